The van der Waals surface area contributed by atoms with E-state index in [9.17, 15) is 8.42 Å². The maximum absolute atomic E-state index is 12.4. The number of hydrogen-bond acceptors (Lipinski definition) is 3. The zero-order valence-electron chi connectivity index (χ0n) is 12.1. The van der Waals surface area contributed by atoms with E-state index in [4.69, 9.17) is 0 Å². The first-order valence-corrected chi connectivity index (χ1v) is 7.87. The lowest BCUT2D eigenvalue weighted by atomic mass is 10.1. The third-order valence-electron chi connectivity index (χ3n) is 3.17. The summed E-state index contributed by atoms with van der Waals surface area (Å²) < 4.78 is 28.9. The minimum atomic E-state index is -3.56. The van der Waals surface area contributed by atoms with Crippen molar-refractivity contribution >= 4 is 10.0 Å². The molecule has 1 unspecified atom stereocenters. The van der Waals surface area contributed by atoms with Crippen molar-refractivity contribution < 1.29 is 8.42 Å². The zero-order valence-corrected chi connectivity index (χ0v) is 12.9. The summed E-state index contributed by atoms with van der Waals surface area (Å²) in [6.45, 7) is 5.51. The van der Waals surface area contributed by atoms with Crippen molar-refractivity contribution in [2.45, 2.75) is 31.7 Å². The van der Waals surface area contributed by atoms with E-state index in [1.54, 1.807) is 14.0 Å². The van der Waals surface area contributed by atoms with Crippen LogP contribution in [0.4, 0.5) is 0 Å². The Morgan fingerprint density at radius 3 is 2.30 bits per heavy atom. The molecule has 1 atom stereocenters. The molecule has 0 amide bonds. The first-order chi connectivity index (χ1) is 9.29. The van der Waals surface area contributed by atoms with Gasteiger partial charge >= 0.3 is 0 Å². The fourth-order valence-corrected chi connectivity index (χ4v) is 3.51. The molecule has 1 aromatic heterocycles. The van der Waals surface area contributed by atoms with Crippen molar-refractivity contribution in [1.29, 1.82) is 0 Å². The maximum Gasteiger partial charge on any atom is 0.244 e. The van der Waals surface area contributed by atoms with Gasteiger partial charge in [0.25, 0.3) is 0 Å². The predicted molar refractivity (Wildman–Crippen MR) is 77.9 cm³/mol. The SMILES string of the molecule is Cc1ccc(C(C)NS(=O)(=O)c2cn(C)nc2C)cc1. The van der Waals surface area contributed by atoms with Crippen molar-refractivity contribution in [2.75, 3.05) is 0 Å². The molecule has 0 aliphatic heterocycles. The van der Waals surface area contributed by atoms with Gasteiger partial charge in [-0.15, -0.1) is 0 Å². The van der Waals surface area contributed by atoms with Crippen LogP contribution in [0.15, 0.2) is 35.4 Å². The van der Waals surface area contributed by atoms with Crippen LogP contribution in [0, 0.1) is 13.8 Å². The number of nitrogens with one attached hydrogen (secondary N) is 1. The number of aryl methyl sites for hydroxylation is 3. The molecule has 108 valence electrons. The fourth-order valence-electron chi connectivity index (χ4n) is 2.06. The molecule has 2 rings (SSSR count). The quantitative estimate of drug-likeness (QED) is 0.938. The van der Waals surface area contributed by atoms with Crippen LogP contribution in [-0.4, -0.2) is 18.2 Å². The highest BCUT2D eigenvalue weighted by atomic mass is 32.2. The van der Waals surface area contributed by atoms with Crippen LogP contribution in [0.1, 0.15) is 29.8 Å². The molecule has 2 aromatic rings. The van der Waals surface area contributed by atoms with Gasteiger partial charge in [0, 0.05) is 19.3 Å². The molecule has 0 fully saturated rings. The number of aromatic nitrogens is 2. The largest absolute Gasteiger partial charge is 0.274 e. The Morgan fingerprint density at radius 1 is 1.20 bits per heavy atom. The molecule has 1 aromatic carbocycles. The molecule has 5 nitrogen and oxygen atoms in total. The lowest BCUT2D eigenvalue weighted by Crippen LogP contribution is -2.27. The number of hydrogen-bond donors (Lipinski definition) is 1. The summed E-state index contributed by atoms with van der Waals surface area (Å²) in [6, 6.07) is 7.50. The summed E-state index contributed by atoms with van der Waals surface area (Å²) in [5, 5.41) is 4.07. The van der Waals surface area contributed by atoms with E-state index in [0.717, 1.165) is 11.1 Å². The van der Waals surface area contributed by atoms with Gasteiger partial charge in [-0.1, -0.05) is 29.8 Å². The molecule has 0 saturated carbocycles. The summed E-state index contributed by atoms with van der Waals surface area (Å²) in [4.78, 5) is 0.221. The van der Waals surface area contributed by atoms with E-state index in [1.165, 1.54) is 10.9 Å². The molecule has 0 saturated heterocycles. The highest BCUT2D eigenvalue weighted by Gasteiger charge is 2.22. The Morgan fingerprint density at radius 2 is 1.80 bits per heavy atom. The molecule has 0 aliphatic rings. The van der Waals surface area contributed by atoms with Crippen LogP contribution in [0.25, 0.3) is 0 Å². The number of sulfonamides is 1. The molecule has 0 radical (unpaired) electrons. The Kier molecular flexibility index (Phi) is 3.96. The predicted octanol–water partition coefficient (Wildman–Crippen LogP) is 2.08. The van der Waals surface area contributed by atoms with Gasteiger partial charge in [0.1, 0.15) is 4.90 Å². The second kappa shape index (κ2) is 5.38. The summed E-state index contributed by atoms with van der Waals surface area (Å²) in [6.07, 6.45) is 1.51. The van der Waals surface area contributed by atoms with Gasteiger partial charge in [-0.05, 0) is 26.3 Å². The van der Waals surface area contributed by atoms with Crippen LogP contribution in [0.3, 0.4) is 0 Å². The third-order valence-corrected chi connectivity index (χ3v) is 4.81. The highest BCUT2D eigenvalue weighted by molar-refractivity contribution is 7.89. The molecule has 20 heavy (non-hydrogen) atoms. The molecular formula is C14H19N3O2S. The number of nitrogens with zero attached hydrogens (tertiary/aromatic N) is 2. The normalized spacial score (nSPS) is 13.4. The Bertz CT molecular complexity index is 703. The van der Waals surface area contributed by atoms with Crippen molar-refractivity contribution in [2.24, 2.45) is 7.05 Å². The van der Waals surface area contributed by atoms with Crippen LogP contribution < -0.4 is 4.72 Å². The van der Waals surface area contributed by atoms with Gasteiger partial charge in [0.15, 0.2) is 0 Å². The highest BCUT2D eigenvalue weighted by Crippen LogP contribution is 2.19. The van der Waals surface area contributed by atoms with E-state index < -0.39 is 10.0 Å². The van der Waals surface area contributed by atoms with Crippen molar-refractivity contribution in [1.82, 2.24) is 14.5 Å². The molecule has 0 bridgehead atoms. The van der Waals surface area contributed by atoms with Crippen LogP contribution in [0.2, 0.25) is 0 Å². The third kappa shape index (κ3) is 3.08. The minimum Gasteiger partial charge on any atom is -0.274 e. The average molecular weight is 293 g/mol. The summed E-state index contributed by atoms with van der Waals surface area (Å²) in [5.41, 5.74) is 2.57. The summed E-state index contributed by atoms with van der Waals surface area (Å²) in [5.74, 6) is 0. The van der Waals surface area contributed by atoms with E-state index in [1.807, 2.05) is 38.1 Å². The van der Waals surface area contributed by atoms with Gasteiger partial charge in [-0.2, -0.15) is 5.10 Å². The van der Waals surface area contributed by atoms with E-state index in [-0.39, 0.29) is 10.9 Å². The second-order valence-corrected chi connectivity index (χ2v) is 6.69. The van der Waals surface area contributed by atoms with Gasteiger partial charge in [0.05, 0.1) is 5.69 Å². The Hall–Kier alpha value is -1.66. The van der Waals surface area contributed by atoms with Gasteiger partial charge in [0.2, 0.25) is 10.0 Å². The molecule has 6 heteroatoms. The monoisotopic (exact) mass is 293 g/mol. The minimum absolute atomic E-state index is 0.221. The van der Waals surface area contributed by atoms with E-state index in [2.05, 4.69) is 9.82 Å². The standard InChI is InChI=1S/C14H19N3O2S/c1-10-5-7-13(8-6-10)11(2)16-20(18,19)14-9-17(4)15-12(14)3/h5-9,11,16H,1-4H3. The van der Waals surface area contributed by atoms with E-state index in [0.29, 0.717) is 5.69 Å². The van der Waals surface area contributed by atoms with Crippen LogP contribution in [-0.2, 0) is 17.1 Å². The van der Waals surface area contributed by atoms with Crippen LogP contribution in [0.5, 0.6) is 0 Å². The van der Waals surface area contributed by atoms with Gasteiger partial charge < -0.3 is 0 Å². The number of benzene rings is 1. The smallest absolute Gasteiger partial charge is 0.244 e. The molecule has 1 heterocycles. The maximum atomic E-state index is 12.4. The zero-order chi connectivity index (χ0) is 14.9. The van der Waals surface area contributed by atoms with Crippen molar-refractivity contribution in [3.63, 3.8) is 0 Å². The van der Waals surface area contributed by atoms with Crippen molar-refractivity contribution in [3.05, 3.63) is 47.3 Å². The molecular weight excluding hydrogens is 274 g/mol. The molecule has 1 N–H and O–H groups in total. The van der Waals surface area contributed by atoms with E-state index >= 15 is 0 Å². The first kappa shape index (κ1) is 14.7. The summed E-state index contributed by atoms with van der Waals surface area (Å²) >= 11 is 0. The fraction of sp³-hybridized carbons (Fsp3) is 0.357. The lowest BCUT2D eigenvalue weighted by Gasteiger charge is -2.14. The molecule has 0 aliphatic carbocycles. The van der Waals surface area contributed by atoms with Crippen LogP contribution >= 0.6 is 0 Å². The lowest BCUT2D eigenvalue weighted by molar-refractivity contribution is 0.566. The van der Waals surface area contributed by atoms with Gasteiger partial charge in [-0.3, -0.25) is 4.68 Å². The number of rotatable bonds is 4. The Balaban J connectivity index is 2.24. The van der Waals surface area contributed by atoms with Crippen molar-refractivity contribution in [3.8, 4) is 0 Å². The topological polar surface area (TPSA) is 64.0 Å². The average Bonchev–Trinajstić information content (AvgIpc) is 2.69. The second-order valence-electron chi connectivity index (χ2n) is 5.01. The summed E-state index contributed by atoms with van der Waals surface area (Å²) in [7, 11) is -1.86. The first-order valence-electron chi connectivity index (χ1n) is 6.39. The van der Waals surface area contributed by atoms with Gasteiger partial charge in [-0.25, -0.2) is 13.1 Å². The molecule has 0 spiro atoms. The Labute approximate surface area is 119 Å².